The van der Waals surface area contributed by atoms with Gasteiger partial charge in [0.2, 0.25) is 0 Å². The van der Waals surface area contributed by atoms with Gasteiger partial charge in [0.1, 0.15) is 5.69 Å². The number of aryl methyl sites for hydroxylation is 1. The van der Waals surface area contributed by atoms with Gasteiger partial charge in [-0.1, -0.05) is 6.07 Å². The highest BCUT2D eigenvalue weighted by Gasteiger charge is 2.27. The quantitative estimate of drug-likeness (QED) is 0.769. The largest absolute Gasteiger partial charge is 0.357 e. The topological polar surface area (TPSA) is 75.7 Å². The van der Waals surface area contributed by atoms with Crippen LogP contribution in [0.4, 0.5) is 8.78 Å². The predicted octanol–water partition coefficient (Wildman–Crippen LogP) is 3.37. The van der Waals surface area contributed by atoms with Gasteiger partial charge in [-0.2, -0.15) is 8.78 Å². The van der Waals surface area contributed by atoms with E-state index < -0.39 is 15.8 Å². The summed E-state index contributed by atoms with van der Waals surface area (Å²) in [6, 6.07) is 6.01. The molecule has 0 fully saturated rings. The highest BCUT2D eigenvalue weighted by molar-refractivity contribution is 7.90. The summed E-state index contributed by atoms with van der Waals surface area (Å²) in [5.41, 5.74) is 3.27. The van der Waals surface area contributed by atoms with Crippen molar-refractivity contribution in [3.8, 4) is 0 Å². The first kappa shape index (κ1) is 17.5. The van der Waals surface area contributed by atoms with Gasteiger partial charge in [-0.05, 0) is 30.7 Å². The van der Waals surface area contributed by atoms with Crippen LogP contribution in [0, 0.1) is 6.92 Å². The Labute approximate surface area is 144 Å². The molecule has 0 aliphatic rings. The molecule has 0 bridgehead atoms. The van der Waals surface area contributed by atoms with Crippen LogP contribution in [0.2, 0.25) is 0 Å². The number of pyridine rings is 2. The molecule has 0 aliphatic carbocycles. The van der Waals surface area contributed by atoms with Crippen LogP contribution >= 0.6 is 0 Å². The Morgan fingerprint density at radius 2 is 1.92 bits per heavy atom. The Morgan fingerprint density at radius 3 is 2.48 bits per heavy atom. The lowest BCUT2D eigenvalue weighted by atomic mass is 10.1. The maximum absolute atomic E-state index is 13.6. The van der Waals surface area contributed by atoms with Gasteiger partial charge in [0.15, 0.2) is 14.9 Å². The molecule has 8 heteroatoms. The molecule has 0 atom stereocenters. The zero-order valence-electron chi connectivity index (χ0n) is 14.0. The third-order valence-electron chi connectivity index (χ3n) is 3.96. The molecule has 0 radical (unpaired) electrons. The van der Waals surface area contributed by atoms with E-state index in [2.05, 4.69) is 15.0 Å². The van der Waals surface area contributed by atoms with Gasteiger partial charge in [0, 0.05) is 37.1 Å². The van der Waals surface area contributed by atoms with E-state index in [-0.39, 0.29) is 10.7 Å². The summed E-state index contributed by atoms with van der Waals surface area (Å²) in [5, 5.41) is -0.00191. The summed E-state index contributed by atoms with van der Waals surface area (Å²) in [5.74, 6) is -3.02. The fourth-order valence-corrected chi connectivity index (χ4v) is 3.20. The molecular weight excluding hydrogens is 348 g/mol. The van der Waals surface area contributed by atoms with Crippen molar-refractivity contribution in [2.24, 2.45) is 0 Å². The molecule has 0 saturated heterocycles. The summed E-state index contributed by atoms with van der Waals surface area (Å²) >= 11 is 0. The smallest absolute Gasteiger partial charge is 0.286 e. The van der Waals surface area contributed by atoms with Gasteiger partial charge in [-0.3, -0.25) is 0 Å². The average molecular weight is 365 g/mol. The number of sulfone groups is 1. The molecule has 3 aromatic heterocycles. The zero-order valence-corrected chi connectivity index (χ0v) is 14.8. The highest BCUT2D eigenvalue weighted by Crippen LogP contribution is 2.29. The lowest BCUT2D eigenvalue weighted by molar-refractivity contribution is 0.0131. The Morgan fingerprint density at radius 1 is 1.20 bits per heavy atom. The molecule has 5 nitrogen and oxygen atoms in total. The van der Waals surface area contributed by atoms with E-state index in [1.54, 1.807) is 12.1 Å². The summed E-state index contributed by atoms with van der Waals surface area (Å²) in [6.45, 7) is 2.66. The van der Waals surface area contributed by atoms with Gasteiger partial charge in [0.05, 0.1) is 11.0 Å². The van der Waals surface area contributed by atoms with Crippen LogP contribution in [0.25, 0.3) is 11.0 Å². The lowest BCUT2D eigenvalue weighted by Gasteiger charge is -2.09. The van der Waals surface area contributed by atoms with Crippen LogP contribution in [-0.4, -0.2) is 29.6 Å². The van der Waals surface area contributed by atoms with E-state index in [0.717, 1.165) is 30.0 Å². The standard InChI is InChI=1S/C17H17F2N3O2S/c1-10-12(8-11-4-7-15(20-9-11)25(3,23)24)16-13(21-10)5-6-14(22-16)17(2,18)19/h4-7,9,21H,8H2,1-3H3. The Balaban J connectivity index is 2.02. The van der Waals surface area contributed by atoms with E-state index in [4.69, 9.17) is 0 Å². The summed E-state index contributed by atoms with van der Waals surface area (Å²) < 4.78 is 50.1. The first-order chi connectivity index (χ1) is 11.6. The second-order valence-corrected chi connectivity index (χ2v) is 8.13. The van der Waals surface area contributed by atoms with Crippen molar-refractivity contribution in [3.05, 3.63) is 53.0 Å². The summed E-state index contributed by atoms with van der Waals surface area (Å²) in [6.07, 6.45) is 2.98. The predicted molar refractivity (Wildman–Crippen MR) is 90.6 cm³/mol. The van der Waals surface area contributed by atoms with Crippen molar-refractivity contribution >= 4 is 20.9 Å². The highest BCUT2D eigenvalue weighted by atomic mass is 32.2. The van der Waals surface area contributed by atoms with Gasteiger partial charge in [-0.25, -0.2) is 18.4 Å². The number of nitrogens with zero attached hydrogens (tertiary/aromatic N) is 2. The Kier molecular flexibility index (Phi) is 4.10. The Hall–Kier alpha value is -2.35. The van der Waals surface area contributed by atoms with Crippen LogP contribution in [0.5, 0.6) is 0 Å². The maximum Gasteiger partial charge on any atom is 0.286 e. The van der Waals surface area contributed by atoms with Crippen molar-refractivity contribution < 1.29 is 17.2 Å². The first-order valence-electron chi connectivity index (χ1n) is 7.57. The molecular formula is C17H17F2N3O2S. The molecule has 3 aromatic rings. The molecule has 0 aromatic carbocycles. The van der Waals surface area contributed by atoms with Crippen LogP contribution in [0.3, 0.4) is 0 Å². The first-order valence-corrected chi connectivity index (χ1v) is 9.46. The number of fused-ring (bicyclic) bond motifs is 1. The normalized spacial score (nSPS) is 12.7. The number of hydrogen-bond donors (Lipinski definition) is 1. The minimum absolute atomic E-state index is 0.00191. The molecule has 25 heavy (non-hydrogen) atoms. The third kappa shape index (κ3) is 3.53. The number of H-pyrrole nitrogens is 1. The fraction of sp³-hybridized carbons (Fsp3) is 0.294. The summed E-state index contributed by atoms with van der Waals surface area (Å²) in [7, 11) is -3.36. The van der Waals surface area contributed by atoms with E-state index in [1.165, 1.54) is 18.3 Å². The second kappa shape index (κ2) is 5.87. The molecule has 0 amide bonds. The molecule has 0 spiro atoms. The number of alkyl halides is 2. The van der Waals surface area contributed by atoms with Crippen molar-refractivity contribution in [1.82, 2.24) is 15.0 Å². The van der Waals surface area contributed by atoms with Crippen LogP contribution in [-0.2, 0) is 22.2 Å². The van der Waals surface area contributed by atoms with Crippen LogP contribution < -0.4 is 0 Å². The number of aromatic amines is 1. The Bertz CT molecular complexity index is 1040. The maximum atomic E-state index is 13.6. The lowest BCUT2D eigenvalue weighted by Crippen LogP contribution is -2.09. The molecule has 0 unspecified atom stereocenters. The van der Waals surface area contributed by atoms with E-state index in [9.17, 15) is 17.2 Å². The van der Waals surface area contributed by atoms with Crippen molar-refractivity contribution in [2.45, 2.75) is 31.2 Å². The number of halogens is 2. The molecule has 3 heterocycles. The summed E-state index contributed by atoms with van der Waals surface area (Å²) in [4.78, 5) is 11.2. The van der Waals surface area contributed by atoms with E-state index in [1.807, 2.05) is 6.92 Å². The molecule has 0 saturated carbocycles. The van der Waals surface area contributed by atoms with Gasteiger partial charge in [0.25, 0.3) is 5.92 Å². The van der Waals surface area contributed by atoms with Crippen molar-refractivity contribution in [1.29, 1.82) is 0 Å². The van der Waals surface area contributed by atoms with E-state index >= 15 is 0 Å². The average Bonchev–Trinajstić information content (AvgIpc) is 2.81. The van der Waals surface area contributed by atoms with Crippen LogP contribution in [0.1, 0.15) is 29.4 Å². The van der Waals surface area contributed by atoms with Gasteiger partial charge in [-0.15, -0.1) is 0 Å². The number of hydrogen-bond acceptors (Lipinski definition) is 4. The minimum atomic E-state index is -3.36. The molecule has 132 valence electrons. The van der Waals surface area contributed by atoms with Crippen LogP contribution in [0.15, 0.2) is 35.5 Å². The number of aromatic nitrogens is 3. The third-order valence-corrected chi connectivity index (χ3v) is 4.97. The van der Waals surface area contributed by atoms with E-state index in [0.29, 0.717) is 17.5 Å². The zero-order chi connectivity index (χ0) is 18.4. The van der Waals surface area contributed by atoms with Crippen molar-refractivity contribution in [2.75, 3.05) is 6.26 Å². The molecule has 3 rings (SSSR count). The van der Waals surface area contributed by atoms with Gasteiger partial charge < -0.3 is 4.98 Å². The SMILES string of the molecule is Cc1[nH]c2ccc(C(C)(F)F)nc2c1Cc1ccc(S(C)(=O)=O)nc1. The van der Waals surface area contributed by atoms with Gasteiger partial charge >= 0.3 is 0 Å². The monoisotopic (exact) mass is 365 g/mol. The van der Waals surface area contributed by atoms with Crippen molar-refractivity contribution in [3.63, 3.8) is 0 Å². The second-order valence-electron chi connectivity index (χ2n) is 6.16. The number of nitrogens with one attached hydrogen (secondary N) is 1. The minimum Gasteiger partial charge on any atom is -0.357 e. The fourth-order valence-electron chi connectivity index (χ4n) is 2.64. The molecule has 0 aliphatic heterocycles. The number of rotatable bonds is 4. The molecule has 1 N–H and O–H groups in total.